The normalized spacial score (nSPS) is 11.6. The number of hydrogen-bond donors (Lipinski definition) is 2. The van der Waals surface area contributed by atoms with Crippen LogP contribution < -0.4 is 15.8 Å². The molecule has 0 aliphatic heterocycles. The van der Waals surface area contributed by atoms with Crippen molar-refractivity contribution in [2.45, 2.75) is 32.4 Å². The Hall–Kier alpha value is -1.40. The van der Waals surface area contributed by atoms with Crippen molar-refractivity contribution in [3.63, 3.8) is 0 Å². The number of carbonyl (C=O) groups is 1. The minimum atomic E-state index is -2.85. The average molecular weight is 295 g/mol. The highest BCUT2D eigenvalue weighted by atomic mass is 35.5. The van der Waals surface area contributed by atoms with Crippen LogP contribution >= 0.6 is 12.4 Å². The number of ether oxygens (including phenoxy) is 1. The van der Waals surface area contributed by atoms with Gasteiger partial charge >= 0.3 is 6.61 Å². The lowest BCUT2D eigenvalue weighted by Gasteiger charge is -2.08. The summed E-state index contributed by atoms with van der Waals surface area (Å²) in [5.41, 5.74) is 6.07. The lowest BCUT2D eigenvalue weighted by Crippen LogP contribution is -2.19. The zero-order valence-corrected chi connectivity index (χ0v) is 11.3. The molecule has 0 saturated carbocycles. The van der Waals surface area contributed by atoms with Crippen LogP contribution in [0.25, 0.3) is 0 Å². The quantitative estimate of drug-likeness (QED) is 0.848. The Morgan fingerprint density at radius 1 is 1.37 bits per heavy atom. The number of halogens is 3. The molecule has 0 aliphatic carbocycles. The van der Waals surface area contributed by atoms with Gasteiger partial charge in [0.15, 0.2) is 0 Å². The summed E-state index contributed by atoms with van der Waals surface area (Å²) >= 11 is 0. The monoisotopic (exact) mass is 294 g/mol. The number of carbonyl (C=O) groups excluding carboxylic acids is 1. The molecule has 3 N–H and O–H groups in total. The van der Waals surface area contributed by atoms with Crippen LogP contribution in [0, 0.1) is 0 Å². The van der Waals surface area contributed by atoms with Gasteiger partial charge in [-0.25, -0.2) is 0 Å². The number of nitrogens with one attached hydrogen (secondary N) is 1. The van der Waals surface area contributed by atoms with Gasteiger partial charge in [0.25, 0.3) is 0 Å². The van der Waals surface area contributed by atoms with Crippen molar-refractivity contribution >= 4 is 24.0 Å². The van der Waals surface area contributed by atoms with E-state index in [-0.39, 0.29) is 30.1 Å². The Morgan fingerprint density at radius 3 is 2.42 bits per heavy atom. The molecule has 7 heteroatoms. The summed E-state index contributed by atoms with van der Waals surface area (Å²) in [7, 11) is 0. The lowest BCUT2D eigenvalue weighted by molar-refractivity contribution is -0.116. The second-order valence-corrected chi connectivity index (χ2v) is 3.97. The molecule has 1 amide bonds. The summed E-state index contributed by atoms with van der Waals surface area (Å²) in [5.74, 6) is -0.103. The number of rotatable bonds is 6. The largest absolute Gasteiger partial charge is 0.435 e. The molecule has 0 heterocycles. The Balaban J connectivity index is 0.00000324. The number of benzene rings is 1. The van der Waals surface area contributed by atoms with Gasteiger partial charge in [0, 0.05) is 18.2 Å². The van der Waals surface area contributed by atoms with Crippen molar-refractivity contribution in [1.82, 2.24) is 0 Å². The van der Waals surface area contributed by atoms with Crippen LogP contribution in [-0.4, -0.2) is 18.6 Å². The van der Waals surface area contributed by atoms with Gasteiger partial charge in [0.1, 0.15) is 5.75 Å². The number of nitrogens with two attached hydrogens (primary N) is 1. The van der Waals surface area contributed by atoms with Crippen LogP contribution in [0.15, 0.2) is 24.3 Å². The van der Waals surface area contributed by atoms with E-state index >= 15 is 0 Å². The van der Waals surface area contributed by atoms with E-state index in [1.165, 1.54) is 24.3 Å². The fraction of sp³-hybridized carbons (Fsp3) is 0.417. The molecule has 108 valence electrons. The fourth-order valence-corrected chi connectivity index (χ4v) is 1.30. The topological polar surface area (TPSA) is 64.4 Å². The molecular formula is C12H17ClF2N2O2. The maximum atomic E-state index is 11.9. The molecule has 1 aromatic carbocycles. The summed E-state index contributed by atoms with van der Waals surface area (Å²) in [6.45, 7) is -1.03. The number of amides is 1. The molecule has 1 aromatic rings. The SMILES string of the molecule is CC(N)CCC(=O)Nc1ccc(OC(F)F)cc1.Cl. The van der Waals surface area contributed by atoms with Crippen LogP contribution in [0.3, 0.4) is 0 Å². The molecular weight excluding hydrogens is 278 g/mol. The third-order valence-corrected chi connectivity index (χ3v) is 2.19. The smallest absolute Gasteiger partial charge is 0.387 e. The zero-order valence-electron chi connectivity index (χ0n) is 10.4. The number of hydrogen-bond acceptors (Lipinski definition) is 3. The molecule has 1 unspecified atom stereocenters. The van der Waals surface area contributed by atoms with Gasteiger partial charge in [-0.3, -0.25) is 4.79 Å². The Morgan fingerprint density at radius 2 is 1.95 bits per heavy atom. The minimum absolute atomic E-state index is 0. The molecule has 1 rings (SSSR count). The lowest BCUT2D eigenvalue weighted by atomic mass is 10.2. The predicted octanol–water partition coefficient (Wildman–Crippen LogP) is 2.78. The van der Waals surface area contributed by atoms with Crippen LogP contribution in [0.2, 0.25) is 0 Å². The molecule has 0 saturated heterocycles. The summed E-state index contributed by atoms with van der Waals surface area (Å²) < 4.78 is 28.0. The Bertz CT molecular complexity index is 386. The van der Waals surface area contributed by atoms with E-state index in [0.717, 1.165) is 0 Å². The first-order valence-corrected chi connectivity index (χ1v) is 5.57. The first-order valence-electron chi connectivity index (χ1n) is 5.57. The highest BCUT2D eigenvalue weighted by molar-refractivity contribution is 5.90. The number of anilines is 1. The van der Waals surface area contributed by atoms with Crippen molar-refractivity contribution < 1.29 is 18.3 Å². The van der Waals surface area contributed by atoms with Crippen molar-refractivity contribution in [2.24, 2.45) is 5.73 Å². The van der Waals surface area contributed by atoms with Gasteiger partial charge in [-0.15, -0.1) is 12.4 Å². The van der Waals surface area contributed by atoms with Crippen LogP contribution in [0.5, 0.6) is 5.75 Å². The summed E-state index contributed by atoms with van der Waals surface area (Å²) in [6, 6.07) is 5.71. The molecule has 1 atom stereocenters. The highest BCUT2D eigenvalue weighted by Crippen LogP contribution is 2.17. The van der Waals surface area contributed by atoms with E-state index in [9.17, 15) is 13.6 Å². The van der Waals surface area contributed by atoms with Crippen molar-refractivity contribution in [2.75, 3.05) is 5.32 Å². The van der Waals surface area contributed by atoms with E-state index in [1.807, 2.05) is 6.92 Å². The summed E-state index contributed by atoms with van der Waals surface area (Å²) in [5, 5.41) is 2.64. The maximum Gasteiger partial charge on any atom is 0.387 e. The molecule has 4 nitrogen and oxygen atoms in total. The van der Waals surface area contributed by atoms with Gasteiger partial charge in [-0.05, 0) is 37.6 Å². The van der Waals surface area contributed by atoms with E-state index < -0.39 is 6.61 Å². The van der Waals surface area contributed by atoms with Crippen LogP contribution in [0.1, 0.15) is 19.8 Å². The van der Waals surface area contributed by atoms with Gasteiger partial charge in [-0.2, -0.15) is 8.78 Å². The first-order chi connectivity index (χ1) is 8.47. The third kappa shape index (κ3) is 7.58. The molecule has 0 fully saturated rings. The summed E-state index contributed by atoms with van der Waals surface area (Å²) in [6.07, 6.45) is 0.922. The Labute approximate surface area is 116 Å². The second kappa shape index (κ2) is 8.66. The highest BCUT2D eigenvalue weighted by Gasteiger charge is 2.06. The fourth-order valence-electron chi connectivity index (χ4n) is 1.30. The van der Waals surface area contributed by atoms with Gasteiger partial charge in [-0.1, -0.05) is 0 Å². The third-order valence-electron chi connectivity index (χ3n) is 2.19. The molecule has 0 spiro atoms. The van der Waals surface area contributed by atoms with Crippen molar-refractivity contribution in [3.8, 4) is 5.75 Å². The van der Waals surface area contributed by atoms with Gasteiger partial charge in [0.2, 0.25) is 5.91 Å². The van der Waals surface area contributed by atoms with E-state index in [4.69, 9.17) is 5.73 Å². The molecule has 0 aromatic heterocycles. The number of alkyl halides is 2. The van der Waals surface area contributed by atoms with Crippen molar-refractivity contribution in [3.05, 3.63) is 24.3 Å². The van der Waals surface area contributed by atoms with Crippen LogP contribution in [-0.2, 0) is 4.79 Å². The van der Waals surface area contributed by atoms with Gasteiger partial charge in [0.05, 0.1) is 0 Å². The molecule has 19 heavy (non-hydrogen) atoms. The second-order valence-electron chi connectivity index (χ2n) is 3.97. The van der Waals surface area contributed by atoms with E-state index in [2.05, 4.69) is 10.1 Å². The average Bonchev–Trinajstić information content (AvgIpc) is 2.28. The molecule has 0 bridgehead atoms. The minimum Gasteiger partial charge on any atom is -0.435 e. The van der Waals surface area contributed by atoms with Crippen LogP contribution in [0.4, 0.5) is 14.5 Å². The summed E-state index contributed by atoms with van der Waals surface area (Å²) in [4.78, 5) is 11.5. The first kappa shape index (κ1) is 17.6. The van der Waals surface area contributed by atoms with Gasteiger partial charge < -0.3 is 15.8 Å². The predicted molar refractivity (Wildman–Crippen MR) is 71.8 cm³/mol. The zero-order chi connectivity index (χ0) is 13.5. The Kier molecular flexibility index (Phi) is 8.02. The van der Waals surface area contributed by atoms with E-state index in [1.54, 1.807) is 0 Å². The molecule has 0 aliphatic rings. The van der Waals surface area contributed by atoms with Crippen molar-refractivity contribution in [1.29, 1.82) is 0 Å². The standard InChI is InChI=1S/C12H16F2N2O2.ClH/c1-8(15)2-7-11(17)16-9-3-5-10(6-4-9)18-12(13)14;/h3-6,8,12H,2,7,15H2,1H3,(H,16,17);1H. The molecule has 0 radical (unpaired) electrons. The van der Waals surface area contributed by atoms with E-state index in [0.29, 0.717) is 18.5 Å². The maximum absolute atomic E-state index is 11.9.